The smallest absolute Gasteiger partial charge is 0.266 e. The van der Waals surface area contributed by atoms with E-state index in [0.29, 0.717) is 38.3 Å². The zero-order valence-electron chi connectivity index (χ0n) is 18.5. The molecule has 170 valence electrons. The normalized spacial score (nSPS) is 11.1. The van der Waals surface area contributed by atoms with Gasteiger partial charge in [0.05, 0.1) is 35.1 Å². The standard InChI is InChI=1S/C23H22ClN5O3S/c1-13-5-8-19(32-4)18(9-13)29-22(31)16-7-6-15(24)11-17(16)25-23(29)33-12-21(30)26-20-10-14(2)27-28(20)3/h5-11H,12H2,1-4H3,(H,26,30). The van der Waals surface area contributed by atoms with Crippen molar-refractivity contribution in [2.24, 2.45) is 7.05 Å². The SMILES string of the molecule is COc1ccc(C)cc1-n1c(SCC(=O)Nc2cc(C)nn2C)nc2cc(Cl)ccc2c1=O. The Morgan fingerprint density at radius 3 is 2.67 bits per heavy atom. The molecule has 0 bridgehead atoms. The van der Waals surface area contributed by atoms with Crippen molar-refractivity contribution in [3.8, 4) is 11.4 Å². The molecule has 4 aromatic rings. The van der Waals surface area contributed by atoms with Crippen molar-refractivity contribution in [3.63, 3.8) is 0 Å². The van der Waals surface area contributed by atoms with E-state index >= 15 is 0 Å². The first-order valence-corrected chi connectivity index (χ1v) is 11.4. The van der Waals surface area contributed by atoms with Gasteiger partial charge in [0, 0.05) is 18.1 Å². The van der Waals surface area contributed by atoms with Crippen LogP contribution in [-0.4, -0.2) is 38.1 Å². The first-order chi connectivity index (χ1) is 15.8. The van der Waals surface area contributed by atoms with Gasteiger partial charge in [0.1, 0.15) is 11.6 Å². The number of carbonyl (C=O) groups is 1. The molecule has 2 aromatic heterocycles. The lowest BCUT2D eigenvalue weighted by atomic mass is 10.2. The van der Waals surface area contributed by atoms with Gasteiger partial charge in [0.25, 0.3) is 5.56 Å². The molecule has 0 saturated heterocycles. The molecule has 1 amide bonds. The fraction of sp³-hybridized carbons (Fsp3) is 0.217. The van der Waals surface area contributed by atoms with Crippen LogP contribution in [0.4, 0.5) is 5.82 Å². The number of fused-ring (bicyclic) bond motifs is 1. The number of anilines is 1. The molecule has 0 aliphatic carbocycles. The number of nitrogens with zero attached hydrogens (tertiary/aromatic N) is 4. The molecule has 2 aromatic carbocycles. The predicted molar refractivity (Wildman–Crippen MR) is 131 cm³/mol. The molecular weight excluding hydrogens is 462 g/mol. The van der Waals surface area contributed by atoms with E-state index in [0.717, 1.165) is 23.0 Å². The van der Waals surface area contributed by atoms with E-state index < -0.39 is 0 Å². The maximum Gasteiger partial charge on any atom is 0.266 e. The number of hydrogen-bond acceptors (Lipinski definition) is 6. The van der Waals surface area contributed by atoms with Crippen LogP contribution in [0.3, 0.4) is 0 Å². The number of methoxy groups -OCH3 is 1. The second-order valence-electron chi connectivity index (χ2n) is 7.50. The Morgan fingerprint density at radius 2 is 1.97 bits per heavy atom. The number of benzene rings is 2. The molecule has 8 nitrogen and oxygen atoms in total. The second-order valence-corrected chi connectivity index (χ2v) is 8.88. The van der Waals surface area contributed by atoms with Gasteiger partial charge < -0.3 is 10.1 Å². The molecule has 33 heavy (non-hydrogen) atoms. The summed E-state index contributed by atoms with van der Waals surface area (Å²) in [6, 6.07) is 12.3. The van der Waals surface area contributed by atoms with E-state index in [-0.39, 0.29) is 17.2 Å². The zero-order chi connectivity index (χ0) is 23.7. The first kappa shape index (κ1) is 22.9. The number of nitrogens with one attached hydrogen (secondary N) is 1. The third kappa shape index (κ3) is 4.74. The summed E-state index contributed by atoms with van der Waals surface area (Å²) in [5.41, 5.74) is 2.49. The van der Waals surface area contributed by atoms with Crippen molar-refractivity contribution in [2.75, 3.05) is 18.2 Å². The number of halogens is 1. The number of ether oxygens (including phenoxy) is 1. The molecule has 0 aliphatic heterocycles. The predicted octanol–water partition coefficient (Wildman–Crippen LogP) is 4.13. The maximum absolute atomic E-state index is 13.5. The van der Waals surface area contributed by atoms with Gasteiger partial charge in [-0.1, -0.05) is 29.4 Å². The largest absolute Gasteiger partial charge is 0.495 e. The minimum Gasteiger partial charge on any atom is -0.495 e. The third-order valence-electron chi connectivity index (χ3n) is 4.98. The lowest BCUT2D eigenvalue weighted by Gasteiger charge is -2.16. The number of aryl methyl sites for hydroxylation is 3. The lowest BCUT2D eigenvalue weighted by Crippen LogP contribution is -2.23. The van der Waals surface area contributed by atoms with Crippen LogP contribution >= 0.6 is 23.4 Å². The zero-order valence-corrected chi connectivity index (χ0v) is 20.1. The topological polar surface area (TPSA) is 91.0 Å². The van der Waals surface area contributed by atoms with Crippen molar-refractivity contribution in [2.45, 2.75) is 19.0 Å². The van der Waals surface area contributed by atoms with Gasteiger partial charge in [0.15, 0.2) is 5.16 Å². The summed E-state index contributed by atoms with van der Waals surface area (Å²) in [6.07, 6.45) is 0. The number of thioether (sulfide) groups is 1. The van der Waals surface area contributed by atoms with E-state index in [2.05, 4.69) is 15.4 Å². The number of hydrogen-bond donors (Lipinski definition) is 1. The van der Waals surface area contributed by atoms with E-state index in [9.17, 15) is 9.59 Å². The van der Waals surface area contributed by atoms with Crippen LogP contribution in [0.1, 0.15) is 11.3 Å². The van der Waals surface area contributed by atoms with Crippen molar-refractivity contribution in [3.05, 3.63) is 69.1 Å². The van der Waals surface area contributed by atoms with Crippen LogP contribution < -0.4 is 15.6 Å². The summed E-state index contributed by atoms with van der Waals surface area (Å²) in [5.74, 6) is 0.909. The molecule has 0 radical (unpaired) electrons. The first-order valence-electron chi connectivity index (χ1n) is 10.1. The highest BCUT2D eigenvalue weighted by Gasteiger charge is 2.18. The van der Waals surface area contributed by atoms with Crippen LogP contribution in [0.5, 0.6) is 5.75 Å². The van der Waals surface area contributed by atoms with Gasteiger partial charge in [-0.2, -0.15) is 5.10 Å². The molecule has 0 unspecified atom stereocenters. The lowest BCUT2D eigenvalue weighted by molar-refractivity contribution is -0.113. The Hall–Kier alpha value is -3.30. The molecule has 1 N–H and O–H groups in total. The van der Waals surface area contributed by atoms with Gasteiger partial charge in [-0.05, 0) is 49.7 Å². The van der Waals surface area contributed by atoms with Crippen LogP contribution in [0.15, 0.2) is 52.4 Å². The monoisotopic (exact) mass is 483 g/mol. The van der Waals surface area contributed by atoms with Crippen molar-refractivity contribution in [1.29, 1.82) is 0 Å². The van der Waals surface area contributed by atoms with E-state index in [1.54, 1.807) is 49.2 Å². The second kappa shape index (κ2) is 9.29. The quantitative estimate of drug-likeness (QED) is 0.327. The van der Waals surface area contributed by atoms with Crippen LogP contribution in [0.25, 0.3) is 16.6 Å². The van der Waals surface area contributed by atoms with Gasteiger partial charge >= 0.3 is 0 Å². The Balaban J connectivity index is 1.77. The Labute approximate surface area is 199 Å². The van der Waals surface area contributed by atoms with E-state index in [1.165, 1.54) is 4.57 Å². The van der Waals surface area contributed by atoms with E-state index in [4.69, 9.17) is 16.3 Å². The molecule has 4 rings (SSSR count). The molecule has 0 saturated carbocycles. The Morgan fingerprint density at radius 1 is 1.18 bits per heavy atom. The molecule has 0 spiro atoms. The highest BCUT2D eigenvalue weighted by molar-refractivity contribution is 7.99. The Bertz CT molecular complexity index is 1430. The number of amides is 1. The van der Waals surface area contributed by atoms with Gasteiger partial charge in [-0.25, -0.2) is 4.98 Å². The van der Waals surface area contributed by atoms with E-state index in [1.807, 2.05) is 26.0 Å². The molecular formula is C23H22ClN5O3S. The molecule has 2 heterocycles. The van der Waals surface area contributed by atoms with Crippen molar-refractivity contribution < 1.29 is 9.53 Å². The van der Waals surface area contributed by atoms with Crippen molar-refractivity contribution in [1.82, 2.24) is 19.3 Å². The molecule has 0 aliphatic rings. The summed E-state index contributed by atoms with van der Waals surface area (Å²) in [7, 11) is 3.30. The third-order valence-corrected chi connectivity index (χ3v) is 6.15. The summed E-state index contributed by atoms with van der Waals surface area (Å²) in [6.45, 7) is 3.78. The minimum absolute atomic E-state index is 0.0386. The highest BCUT2D eigenvalue weighted by atomic mass is 35.5. The molecule has 10 heteroatoms. The fourth-order valence-electron chi connectivity index (χ4n) is 3.46. The molecule has 0 fully saturated rings. The Kier molecular flexibility index (Phi) is 6.44. The van der Waals surface area contributed by atoms with Crippen molar-refractivity contribution >= 4 is 46.0 Å². The van der Waals surface area contributed by atoms with Crippen LogP contribution in [0, 0.1) is 13.8 Å². The number of carbonyl (C=O) groups excluding carboxylic acids is 1. The summed E-state index contributed by atoms with van der Waals surface area (Å²) < 4.78 is 8.59. The summed E-state index contributed by atoms with van der Waals surface area (Å²) in [5, 5.41) is 8.31. The minimum atomic E-state index is -0.272. The number of rotatable bonds is 6. The fourth-order valence-corrected chi connectivity index (χ4v) is 4.43. The molecule has 0 atom stereocenters. The maximum atomic E-state index is 13.5. The van der Waals surface area contributed by atoms with Gasteiger partial charge in [-0.3, -0.25) is 18.8 Å². The summed E-state index contributed by atoms with van der Waals surface area (Å²) >= 11 is 7.29. The average Bonchev–Trinajstić information content (AvgIpc) is 3.08. The number of aromatic nitrogens is 4. The van der Waals surface area contributed by atoms with Crippen LogP contribution in [-0.2, 0) is 11.8 Å². The van der Waals surface area contributed by atoms with Gasteiger partial charge in [0.2, 0.25) is 5.91 Å². The van der Waals surface area contributed by atoms with Crippen LogP contribution in [0.2, 0.25) is 5.02 Å². The average molecular weight is 484 g/mol. The van der Waals surface area contributed by atoms with Gasteiger partial charge in [-0.15, -0.1) is 0 Å². The summed E-state index contributed by atoms with van der Waals surface area (Å²) in [4.78, 5) is 30.8. The highest BCUT2D eigenvalue weighted by Crippen LogP contribution is 2.29.